The first-order valence-corrected chi connectivity index (χ1v) is 5.87. The second-order valence-electron chi connectivity index (χ2n) is 4.58. The van der Waals surface area contributed by atoms with Crippen molar-refractivity contribution in [2.24, 2.45) is 5.92 Å². The van der Waals surface area contributed by atoms with Crippen molar-refractivity contribution in [3.05, 3.63) is 16.7 Å². The van der Waals surface area contributed by atoms with Crippen LogP contribution in [0.5, 0.6) is 0 Å². The average Bonchev–Trinajstić information content (AvgIpc) is 2.40. The van der Waals surface area contributed by atoms with Crippen LogP contribution in [0.1, 0.15) is 44.7 Å². The number of H-pyrrole nitrogens is 1. The van der Waals surface area contributed by atoms with E-state index in [4.69, 9.17) is 12.2 Å². The van der Waals surface area contributed by atoms with Crippen LogP contribution in [0.4, 0.5) is 0 Å². The summed E-state index contributed by atoms with van der Waals surface area (Å²) >= 11 is 5.29. The third-order valence-electron chi connectivity index (χ3n) is 3.16. The number of aromatic amines is 1. The molecule has 1 aromatic rings. The standard InChI is InChI=1S/C11H18N2S/c1-8(2)10-6-12-11(14)13(10)7-9-4-3-5-9/h6,8-9H,3-5,7H2,1-2H3,(H,12,14). The lowest BCUT2D eigenvalue weighted by molar-refractivity contribution is 0.272. The highest BCUT2D eigenvalue weighted by Crippen LogP contribution is 2.29. The van der Waals surface area contributed by atoms with Gasteiger partial charge in [-0.15, -0.1) is 0 Å². The third kappa shape index (κ3) is 1.78. The predicted molar refractivity (Wildman–Crippen MR) is 61.0 cm³/mol. The molecule has 0 aromatic carbocycles. The number of rotatable bonds is 3. The van der Waals surface area contributed by atoms with Crippen molar-refractivity contribution in [2.75, 3.05) is 0 Å². The van der Waals surface area contributed by atoms with Crippen LogP contribution in [-0.4, -0.2) is 9.55 Å². The summed E-state index contributed by atoms with van der Waals surface area (Å²) < 4.78 is 3.17. The summed E-state index contributed by atoms with van der Waals surface area (Å²) in [6.45, 7) is 5.56. The number of imidazole rings is 1. The number of aromatic nitrogens is 2. The van der Waals surface area contributed by atoms with E-state index < -0.39 is 0 Å². The van der Waals surface area contributed by atoms with Gasteiger partial charge < -0.3 is 9.55 Å². The van der Waals surface area contributed by atoms with Crippen LogP contribution in [0.2, 0.25) is 0 Å². The molecule has 0 bridgehead atoms. The van der Waals surface area contributed by atoms with Crippen LogP contribution in [0.25, 0.3) is 0 Å². The molecule has 0 aliphatic heterocycles. The maximum absolute atomic E-state index is 5.29. The Bertz CT molecular complexity index is 358. The summed E-state index contributed by atoms with van der Waals surface area (Å²) in [7, 11) is 0. The Hall–Kier alpha value is -0.570. The second kappa shape index (κ2) is 3.89. The van der Waals surface area contributed by atoms with Gasteiger partial charge in [-0.2, -0.15) is 0 Å². The molecule has 1 N–H and O–H groups in total. The summed E-state index contributed by atoms with van der Waals surface area (Å²) in [4.78, 5) is 3.15. The van der Waals surface area contributed by atoms with E-state index in [1.54, 1.807) is 0 Å². The molecule has 0 radical (unpaired) electrons. The van der Waals surface area contributed by atoms with Crippen molar-refractivity contribution < 1.29 is 0 Å². The van der Waals surface area contributed by atoms with Gasteiger partial charge in [0.1, 0.15) is 0 Å². The number of nitrogens with one attached hydrogen (secondary N) is 1. The third-order valence-corrected chi connectivity index (χ3v) is 3.50. The Labute approximate surface area is 90.3 Å². The fourth-order valence-electron chi connectivity index (χ4n) is 2.01. The summed E-state index contributed by atoms with van der Waals surface area (Å²) in [6, 6.07) is 0. The number of hydrogen-bond acceptors (Lipinski definition) is 1. The molecule has 1 fully saturated rings. The van der Waals surface area contributed by atoms with Crippen molar-refractivity contribution in [3.8, 4) is 0 Å². The van der Waals surface area contributed by atoms with Crippen LogP contribution in [0.15, 0.2) is 6.20 Å². The van der Waals surface area contributed by atoms with Crippen LogP contribution >= 0.6 is 12.2 Å². The lowest BCUT2D eigenvalue weighted by Crippen LogP contribution is -2.19. The highest BCUT2D eigenvalue weighted by Gasteiger charge is 2.19. The zero-order chi connectivity index (χ0) is 10.1. The highest BCUT2D eigenvalue weighted by molar-refractivity contribution is 7.71. The smallest absolute Gasteiger partial charge is 0.177 e. The van der Waals surface area contributed by atoms with Crippen LogP contribution < -0.4 is 0 Å². The largest absolute Gasteiger partial charge is 0.337 e. The van der Waals surface area contributed by atoms with Gasteiger partial charge in [-0.3, -0.25) is 0 Å². The fraction of sp³-hybridized carbons (Fsp3) is 0.727. The summed E-state index contributed by atoms with van der Waals surface area (Å²) in [5, 5.41) is 0. The van der Waals surface area contributed by atoms with E-state index in [0.29, 0.717) is 5.92 Å². The molecule has 1 aliphatic rings. The Morgan fingerprint density at radius 1 is 1.57 bits per heavy atom. The molecule has 1 aromatic heterocycles. The lowest BCUT2D eigenvalue weighted by atomic mass is 9.85. The van der Waals surface area contributed by atoms with Crippen molar-refractivity contribution in [1.29, 1.82) is 0 Å². The predicted octanol–water partition coefficient (Wildman–Crippen LogP) is 3.47. The minimum Gasteiger partial charge on any atom is -0.337 e. The topological polar surface area (TPSA) is 20.7 Å². The van der Waals surface area contributed by atoms with E-state index >= 15 is 0 Å². The molecule has 2 rings (SSSR count). The first-order chi connectivity index (χ1) is 6.68. The molecular weight excluding hydrogens is 192 g/mol. The fourth-order valence-corrected chi connectivity index (χ4v) is 2.25. The first kappa shape index (κ1) is 9.97. The molecule has 0 spiro atoms. The molecule has 0 saturated heterocycles. The minimum absolute atomic E-state index is 0.558. The summed E-state index contributed by atoms with van der Waals surface area (Å²) in [5.74, 6) is 1.43. The Kier molecular flexibility index (Phi) is 2.77. The summed E-state index contributed by atoms with van der Waals surface area (Å²) in [5.41, 5.74) is 1.35. The minimum atomic E-state index is 0.558. The van der Waals surface area contributed by atoms with E-state index in [9.17, 15) is 0 Å². The molecule has 3 heteroatoms. The molecule has 2 nitrogen and oxygen atoms in total. The van der Waals surface area contributed by atoms with Gasteiger partial charge in [-0.05, 0) is 36.9 Å². The van der Waals surface area contributed by atoms with Gasteiger partial charge in [-0.1, -0.05) is 20.3 Å². The normalized spacial score (nSPS) is 17.4. The molecule has 78 valence electrons. The van der Waals surface area contributed by atoms with Crippen LogP contribution in [0, 0.1) is 10.7 Å². The monoisotopic (exact) mass is 210 g/mol. The maximum Gasteiger partial charge on any atom is 0.177 e. The maximum atomic E-state index is 5.29. The molecule has 1 heterocycles. The molecule has 0 unspecified atom stereocenters. The van der Waals surface area contributed by atoms with Crippen LogP contribution in [-0.2, 0) is 6.54 Å². The van der Waals surface area contributed by atoms with Gasteiger partial charge >= 0.3 is 0 Å². The zero-order valence-corrected chi connectivity index (χ0v) is 9.73. The van der Waals surface area contributed by atoms with Crippen molar-refractivity contribution in [2.45, 2.75) is 45.6 Å². The van der Waals surface area contributed by atoms with Crippen molar-refractivity contribution in [3.63, 3.8) is 0 Å². The van der Waals surface area contributed by atoms with Gasteiger partial charge in [0.15, 0.2) is 4.77 Å². The Morgan fingerprint density at radius 2 is 2.29 bits per heavy atom. The Morgan fingerprint density at radius 3 is 2.79 bits per heavy atom. The van der Waals surface area contributed by atoms with E-state index in [1.165, 1.54) is 25.0 Å². The van der Waals surface area contributed by atoms with Gasteiger partial charge in [0.25, 0.3) is 0 Å². The van der Waals surface area contributed by atoms with E-state index in [0.717, 1.165) is 17.2 Å². The molecule has 1 saturated carbocycles. The molecule has 1 aliphatic carbocycles. The molecule has 0 atom stereocenters. The highest BCUT2D eigenvalue weighted by atomic mass is 32.1. The van der Waals surface area contributed by atoms with Crippen molar-refractivity contribution >= 4 is 12.2 Å². The molecule has 0 amide bonds. The zero-order valence-electron chi connectivity index (χ0n) is 8.92. The Balaban J connectivity index is 2.20. The SMILES string of the molecule is CC(C)c1c[nH]c(=S)n1CC1CCC1. The van der Waals surface area contributed by atoms with Gasteiger partial charge in [0.2, 0.25) is 0 Å². The average molecular weight is 210 g/mol. The second-order valence-corrected chi connectivity index (χ2v) is 4.97. The van der Waals surface area contributed by atoms with Crippen molar-refractivity contribution in [1.82, 2.24) is 9.55 Å². The quantitative estimate of drug-likeness (QED) is 0.758. The molecular formula is C11H18N2S. The summed E-state index contributed by atoms with van der Waals surface area (Å²) in [6.07, 6.45) is 6.22. The lowest BCUT2D eigenvalue weighted by Gasteiger charge is -2.26. The van der Waals surface area contributed by atoms with Crippen LogP contribution in [0.3, 0.4) is 0 Å². The van der Waals surface area contributed by atoms with E-state index in [1.807, 2.05) is 0 Å². The number of hydrogen-bond donors (Lipinski definition) is 1. The molecule has 14 heavy (non-hydrogen) atoms. The van der Waals surface area contributed by atoms with E-state index in [2.05, 4.69) is 29.6 Å². The number of nitrogens with zero attached hydrogens (tertiary/aromatic N) is 1. The van der Waals surface area contributed by atoms with E-state index in [-0.39, 0.29) is 0 Å². The first-order valence-electron chi connectivity index (χ1n) is 5.46. The van der Waals surface area contributed by atoms with Gasteiger partial charge in [0, 0.05) is 18.4 Å². The van der Waals surface area contributed by atoms with Gasteiger partial charge in [-0.25, -0.2) is 0 Å². The van der Waals surface area contributed by atoms with Gasteiger partial charge in [0.05, 0.1) is 0 Å².